The number of allylic oxidation sites excluding steroid dienone is 1. The van der Waals surface area contributed by atoms with E-state index in [-0.39, 0.29) is 0 Å². The lowest BCUT2D eigenvalue weighted by Crippen LogP contribution is -2.09. The van der Waals surface area contributed by atoms with E-state index in [1.54, 1.807) is 6.08 Å². The molecule has 0 aromatic rings. The molecule has 0 saturated heterocycles. The fraction of sp³-hybridized carbons (Fsp3) is 0.500. The fourth-order valence-corrected chi connectivity index (χ4v) is 1.40. The highest BCUT2D eigenvalue weighted by molar-refractivity contribution is 7.85. The second-order valence-electron chi connectivity index (χ2n) is 2.61. The monoisotopic (exact) mass is 232 g/mol. The first-order chi connectivity index (χ1) is 7.07. The summed E-state index contributed by atoms with van der Waals surface area (Å²) in [4.78, 5) is 3.88. The van der Waals surface area contributed by atoms with Crippen molar-refractivity contribution < 1.29 is 17.3 Å². The Labute approximate surface area is 88.6 Å². The van der Waals surface area contributed by atoms with Gasteiger partial charge in [-0.1, -0.05) is 0 Å². The average Bonchev–Trinajstić information content (AvgIpc) is 2.21. The number of hydrogen-bond donors (Lipinski definition) is 0. The lowest BCUT2D eigenvalue weighted by atomic mass is 10.2. The van der Waals surface area contributed by atoms with E-state index in [1.165, 1.54) is 6.21 Å². The number of hydrogen-bond acceptors (Lipinski definition) is 5. The highest BCUT2D eigenvalue weighted by Crippen LogP contribution is 2.08. The Morgan fingerprint density at radius 1 is 1.60 bits per heavy atom. The Morgan fingerprint density at radius 3 is 2.80 bits per heavy atom. The van der Waals surface area contributed by atoms with Gasteiger partial charge in [-0.05, 0) is 13.0 Å². The Kier molecular flexibility index (Phi) is 3.98. The molecule has 1 heterocycles. The first-order valence-electron chi connectivity index (χ1n) is 4.34. The maximum atomic E-state index is 11.0. The molecule has 1 aliphatic rings. The lowest BCUT2D eigenvalue weighted by Gasteiger charge is -2.07. The summed E-state index contributed by atoms with van der Waals surface area (Å²) in [5.74, 6) is 0.478. The fourth-order valence-electron chi connectivity index (χ4n) is 0.921. The van der Waals surface area contributed by atoms with Crippen LogP contribution in [0.4, 0.5) is 0 Å². The number of aliphatic imine (C=N–C) groups is 1. The zero-order chi connectivity index (χ0) is 11.3. The molecule has 0 radical (unpaired) electrons. The maximum Gasteiger partial charge on any atom is 0.380 e. The summed E-state index contributed by atoms with van der Waals surface area (Å²) in [5.41, 5.74) is 0.320. The van der Waals surface area contributed by atoms with E-state index in [9.17, 15) is 8.42 Å². The van der Waals surface area contributed by atoms with Crippen LogP contribution in [-0.4, -0.2) is 34.1 Å². The third-order valence-corrected chi connectivity index (χ3v) is 2.44. The van der Waals surface area contributed by atoms with Gasteiger partial charge in [0.1, 0.15) is 0 Å². The molecule has 0 bridgehead atoms. The van der Waals surface area contributed by atoms with Crippen molar-refractivity contribution in [3.8, 4) is 0 Å². The van der Waals surface area contributed by atoms with Gasteiger partial charge in [-0.3, -0.25) is 4.18 Å². The van der Waals surface area contributed by atoms with Gasteiger partial charge in [0.2, 0.25) is 5.88 Å². The minimum Gasteiger partial charge on any atom is -0.478 e. The van der Waals surface area contributed by atoms with E-state index in [4.69, 9.17) is 4.74 Å². The summed E-state index contributed by atoms with van der Waals surface area (Å²) in [6.45, 7) is 2.36. The van der Waals surface area contributed by atoms with Gasteiger partial charge in [0, 0.05) is 6.42 Å². The van der Waals surface area contributed by atoms with Gasteiger partial charge in [-0.25, -0.2) is 4.99 Å². The summed E-state index contributed by atoms with van der Waals surface area (Å²) in [6, 6.07) is 0. The normalized spacial score (nSPS) is 19.1. The molecular weight excluding hydrogens is 220 g/mol. The van der Waals surface area contributed by atoms with Crippen molar-refractivity contribution in [1.29, 1.82) is 0 Å². The van der Waals surface area contributed by atoms with Crippen LogP contribution in [0.3, 0.4) is 0 Å². The maximum absolute atomic E-state index is 11.0. The zero-order valence-electron chi connectivity index (χ0n) is 8.50. The molecule has 0 aliphatic carbocycles. The first-order valence-corrected chi connectivity index (χ1v) is 5.70. The molecule has 0 aromatic heterocycles. The van der Waals surface area contributed by atoms with Crippen LogP contribution in [0.1, 0.15) is 13.3 Å². The van der Waals surface area contributed by atoms with E-state index < -0.39 is 10.3 Å². The lowest BCUT2D eigenvalue weighted by molar-refractivity contribution is 0.226. The number of nitrogens with zero attached hydrogens (tertiary/aromatic N) is 2. The zero-order valence-corrected chi connectivity index (χ0v) is 9.32. The van der Waals surface area contributed by atoms with Crippen LogP contribution in [0.2, 0.25) is 0 Å². The Bertz CT molecular complexity index is 408. The molecule has 7 heteroatoms. The smallest absolute Gasteiger partial charge is 0.380 e. The van der Waals surface area contributed by atoms with Crippen LogP contribution in [0.5, 0.6) is 0 Å². The van der Waals surface area contributed by atoms with Gasteiger partial charge in [-0.2, -0.15) is 8.42 Å². The molecule has 0 amide bonds. The average molecular weight is 232 g/mol. The van der Waals surface area contributed by atoms with Crippen molar-refractivity contribution in [2.45, 2.75) is 13.3 Å². The van der Waals surface area contributed by atoms with Crippen LogP contribution in [0.25, 0.3) is 0 Å². The number of ether oxygens (including phenoxy) is 1. The standard InChI is InChI=1S/C8H12N2O4S/c1-3-14-8-5-4-7(6-9-8)10-15(11,12)13-2/h5-6H,3-4H2,1-2H3. The molecule has 0 saturated carbocycles. The molecular formula is C8H12N2O4S. The molecule has 0 unspecified atom stereocenters. The molecule has 0 spiro atoms. The molecule has 84 valence electrons. The third-order valence-electron chi connectivity index (χ3n) is 1.56. The van der Waals surface area contributed by atoms with Crippen LogP contribution in [-0.2, 0) is 19.2 Å². The molecule has 0 aromatic carbocycles. The van der Waals surface area contributed by atoms with Gasteiger partial charge < -0.3 is 4.74 Å². The van der Waals surface area contributed by atoms with Gasteiger partial charge >= 0.3 is 10.3 Å². The summed E-state index contributed by atoms with van der Waals surface area (Å²) < 4.78 is 34.6. The number of rotatable bonds is 4. The highest BCUT2D eigenvalue weighted by atomic mass is 32.2. The van der Waals surface area contributed by atoms with Crippen molar-refractivity contribution in [3.05, 3.63) is 12.0 Å². The van der Waals surface area contributed by atoms with Gasteiger partial charge in [0.05, 0.1) is 25.6 Å². The second kappa shape index (κ2) is 5.04. The Balaban J connectivity index is 2.71. The molecule has 15 heavy (non-hydrogen) atoms. The second-order valence-corrected chi connectivity index (χ2v) is 3.99. The van der Waals surface area contributed by atoms with E-state index in [0.717, 1.165) is 7.11 Å². The van der Waals surface area contributed by atoms with Crippen molar-refractivity contribution in [2.24, 2.45) is 9.39 Å². The molecule has 0 fully saturated rings. The molecule has 1 aliphatic heterocycles. The van der Waals surface area contributed by atoms with Crippen molar-refractivity contribution in [1.82, 2.24) is 0 Å². The largest absolute Gasteiger partial charge is 0.478 e. The summed E-state index contributed by atoms with van der Waals surface area (Å²) >= 11 is 0. The predicted molar refractivity (Wildman–Crippen MR) is 56.2 cm³/mol. The van der Waals surface area contributed by atoms with Crippen LogP contribution < -0.4 is 0 Å². The molecule has 6 nitrogen and oxygen atoms in total. The van der Waals surface area contributed by atoms with Crippen molar-refractivity contribution in [2.75, 3.05) is 13.7 Å². The van der Waals surface area contributed by atoms with E-state index in [2.05, 4.69) is 13.6 Å². The van der Waals surface area contributed by atoms with Crippen molar-refractivity contribution in [3.63, 3.8) is 0 Å². The van der Waals surface area contributed by atoms with E-state index in [0.29, 0.717) is 24.6 Å². The highest BCUT2D eigenvalue weighted by Gasteiger charge is 2.10. The van der Waals surface area contributed by atoms with Gasteiger partial charge in [0.25, 0.3) is 0 Å². The van der Waals surface area contributed by atoms with Crippen molar-refractivity contribution >= 4 is 22.2 Å². The first kappa shape index (κ1) is 11.9. The summed E-state index contributed by atoms with van der Waals surface area (Å²) in [5, 5.41) is 0. The Morgan fingerprint density at radius 2 is 2.33 bits per heavy atom. The predicted octanol–water partition coefficient (Wildman–Crippen LogP) is 0.671. The van der Waals surface area contributed by atoms with Gasteiger partial charge in [-0.15, -0.1) is 4.40 Å². The summed E-state index contributed by atoms with van der Waals surface area (Å²) in [7, 11) is -2.77. The van der Waals surface area contributed by atoms with Crippen LogP contribution in [0, 0.1) is 0 Å². The van der Waals surface area contributed by atoms with E-state index >= 15 is 0 Å². The topological polar surface area (TPSA) is 77.3 Å². The van der Waals surface area contributed by atoms with Crippen LogP contribution >= 0.6 is 0 Å². The molecule has 1 rings (SSSR count). The third kappa shape index (κ3) is 3.80. The molecule has 0 atom stereocenters. The summed E-state index contributed by atoms with van der Waals surface area (Å²) in [6.07, 6.45) is 3.37. The SMILES string of the molecule is CCOC1=CCC(=NS(=O)(=O)OC)C=N1. The van der Waals surface area contributed by atoms with E-state index in [1.807, 2.05) is 6.92 Å². The van der Waals surface area contributed by atoms with Crippen LogP contribution in [0.15, 0.2) is 21.3 Å². The minimum atomic E-state index is -3.82. The van der Waals surface area contributed by atoms with Gasteiger partial charge in [0.15, 0.2) is 0 Å². The minimum absolute atomic E-state index is 0.320. The quantitative estimate of drug-likeness (QED) is 0.713. The molecule has 0 N–H and O–H groups in total. The Hall–Kier alpha value is -1.21.